The van der Waals surface area contributed by atoms with E-state index in [-0.39, 0.29) is 6.10 Å². The lowest BCUT2D eigenvalue weighted by molar-refractivity contribution is -0.107. The number of alkyl halides is 2. The van der Waals surface area contributed by atoms with Crippen LogP contribution in [0, 0.1) is 11.3 Å². The largest absolute Gasteiger partial charge is 0.464 e. The van der Waals surface area contributed by atoms with Crippen molar-refractivity contribution in [1.29, 1.82) is 0 Å². The Morgan fingerprint density at radius 1 is 1.37 bits per heavy atom. The SMILES string of the molecule is COC(CN1CCc2sc(OCC(C)(F)F)nc2C1)C1CC2(CC(N)C2)C1. The molecule has 152 valence electrons. The molecule has 0 aromatic carbocycles. The summed E-state index contributed by atoms with van der Waals surface area (Å²) in [6, 6.07) is 0.404. The molecule has 5 nitrogen and oxygen atoms in total. The molecule has 1 aromatic rings. The molecule has 2 saturated carbocycles. The van der Waals surface area contributed by atoms with E-state index in [4.69, 9.17) is 15.2 Å². The van der Waals surface area contributed by atoms with Crippen LogP contribution in [0.5, 0.6) is 5.19 Å². The van der Waals surface area contributed by atoms with E-state index >= 15 is 0 Å². The highest BCUT2D eigenvalue weighted by atomic mass is 32.1. The molecule has 1 spiro atoms. The number of aromatic nitrogens is 1. The summed E-state index contributed by atoms with van der Waals surface area (Å²) in [4.78, 5) is 7.96. The molecule has 27 heavy (non-hydrogen) atoms. The Morgan fingerprint density at radius 2 is 2.11 bits per heavy atom. The standard InChI is InChI=1S/C19H29F2N3O2S/c1-18(20,21)11-26-17-23-14-9-24(4-3-16(14)27-17)10-15(25-2)12-5-19(6-12)7-13(22)8-19/h12-13,15H,3-11,22H2,1-2H3. The van der Waals surface area contributed by atoms with Gasteiger partial charge in [-0.15, -0.1) is 0 Å². The van der Waals surface area contributed by atoms with Crippen molar-refractivity contribution in [1.82, 2.24) is 9.88 Å². The zero-order valence-corrected chi connectivity index (χ0v) is 16.9. The Kier molecular flexibility index (Phi) is 5.20. The van der Waals surface area contributed by atoms with E-state index in [2.05, 4.69) is 9.88 Å². The Hall–Kier alpha value is -0.830. The van der Waals surface area contributed by atoms with Crippen LogP contribution in [0.25, 0.3) is 0 Å². The highest BCUT2D eigenvalue weighted by Crippen LogP contribution is 2.59. The lowest BCUT2D eigenvalue weighted by Crippen LogP contribution is -2.57. The molecule has 1 atom stereocenters. The van der Waals surface area contributed by atoms with Gasteiger partial charge in [0.05, 0.1) is 11.8 Å². The molecule has 1 unspecified atom stereocenters. The highest BCUT2D eigenvalue weighted by Gasteiger charge is 2.53. The van der Waals surface area contributed by atoms with Gasteiger partial charge in [-0.2, -0.15) is 0 Å². The number of nitrogens with zero attached hydrogens (tertiary/aromatic N) is 2. The first kappa shape index (κ1) is 19.5. The average Bonchev–Trinajstić information content (AvgIpc) is 2.94. The van der Waals surface area contributed by atoms with Gasteiger partial charge >= 0.3 is 0 Å². The molecule has 1 aromatic heterocycles. The average molecular weight is 402 g/mol. The zero-order chi connectivity index (χ0) is 19.2. The maximum atomic E-state index is 13.0. The van der Waals surface area contributed by atoms with Gasteiger partial charge in [-0.05, 0) is 43.4 Å². The molecule has 1 aliphatic heterocycles. The van der Waals surface area contributed by atoms with Gasteiger partial charge in [0.2, 0.25) is 0 Å². The smallest absolute Gasteiger partial charge is 0.278 e. The van der Waals surface area contributed by atoms with Crippen molar-refractivity contribution in [2.45, 2.75) is 63.6 Å². The third-order valence-corrected chi connectivity index (χ3v) is 7.35. The second kappa shape index (κ2) is 7.21. The summed E-state index contributed by atoms with van der Waals surface area (Å²) >= 11 is 1.40. The molecule has 0 amide bonds. The van der Waals surface area contributed by atoms with Gasteiger partial charge in [0, 0.05) is 44.6 Å². The van der Waals surface area contributed by atoms with Crippen LogP contribution in [-0.4, -0.2) is 54.8 Å². The number of methoxy groups -OCH3 is 1. The van der Waals surface area contributed by atoms with E-state index < -0.39 is 12.5 Å². The fourth-order valence-corrected chi connectivity index (χ4v) is 5.91. The van der Waals surface area contributed by atoms with Gasteiger partial charge in [0.1, 0.15) is 0 Å². The molecule has 8 heteroatoms. The van der Waals surface area contributed by atoms with Gasteiger partial charge in [0.15, 0.2) is 6.61 Å². The van der Waals surface area contributed by atoms with E-state index in [1.807, 2.05) is 0 Å². The maximum absolute atomic E-state index is 13.0. The molecule has 2 aliphatic carbocycles. The molecule has 0 radical (unpaired) electrons. The molecule has 3 aliphatic rings. The van der Waals surface area contributed by atoms with Gasteiger partial charge in [0.25, 0.3) is 11.1 Å². The summed E-state index contributed by atoms with van der Waals surface area (Å²) in [6.07, 6.45) is 5.94. The van der Waals surface area contributed by atoms with Crippen LogP contribution in [-0.2, 0) is 17.7 Å². The Bertz CT molecular complexity index is 664. The summed E-state index contributed by atoms with van der Waals surface area (Å²) in [5.41, 5.74) is 7.44. The van der Waals surface area contributed by atoms with Crippen molar-refractivity contribution in [3.63, 3.8) is 0 Å². The van der Waals surface area contributed by atoms with Crippen LogP contribution in [0.3, 0.4) is 0 Å². The predicted molar refractivity (Wildman–Crippen MR) is 100 cm³/mol. The maximum Gasteiger partial charge on any atom is 0.278 e. The number of ether oxygens (including phenoxy) is 2. The van der Waals surface area contributed by atoms with E-state index in [0.717, 1.165) is 43.5 Å². The lowest BCUT2D eigenvalue weighted by atomic mass is 9.49. The van der Waals surface area contributed by atoms with Crippen LogP contribution in [0.1, 0.15) is 43.2 Å². The minimum atomic E-state index is -2.84. The molecular formula is C19H29F2N3O2S. The van der Waals surface area contributed by atoms with Gasteiger partial charge in [-0.3, -0.25) is 4.90 Å². The zero-order valence-electron chi connectivity index (χ0n) is 16.0. The van der Waals surface area contributed by atoms with Crippen LogP contribution < -0.4 is 10.5 Å². The van der Waals surface area contributed by atoms with Crippen LogP contribution in [0.15, 0.2) is 0 Å². The summed E-state index contributed by atoms with van der Waals surface area (Å²) in [7, 11) is 1.80. The van der Waals surface area contributed by atoms with Crippen molar-refractivity contribution in [3.05, 3.63) is 10.6 Å². The van der Waals surface area contributed by atoms with Crippen molar-refractivity contribution >= 4 is 11.3 Å². The van der Waals surface area contributed by atoms with Crippen molar-refractivity contribution < 1.29 is 18.3 Å². The summed E-state index contributed by atoms with van der Waals surface area (Å²) in [6.45, 7) is 2.81. The minimum Gasteiger partial charge on any atom is -0.464 e. The number of rotatable bonds is 7. The normalized spacial score (nSPS) is 31.9. The number of hydrogen-bond acceptors (Lipinski definition) is 6. The number of nitrogens with two attached hydrogens (primary N) is 1. The van der Waals surface area contributed by atoms with E-state index in [0.29, 0.717) is 22.6 Å². The van der Waals surface area contributed by atoms with Crippen LogP contribution >= 0.6 is 11.3 Å². The topological polar surface area (TPSA) is 60.6 Å². The van der Waals surface area contributed by atoms with E-state index in [1.165, 1.54) is 37.0 Å². The number of hydrogen-bond donors (Lipinski definition) is 1. The molecule has 2 heterocycles. The fraction of sp³-hybridized carbons (Fsp3) is 0.842. The van der Waals surface area contributed by atoms with E-state index in [9.17, 15) is 8.78 Å². The molecule has 2 fully saturated rings. The quantitative estimate of drug-likeness (QED) is 0.761. The monoisotopic (exact) mass is 401 g/mol. The van der Waals surface area contributed by atoms with Crippen LogP contribution in [0.2, 0.25) is 0 Å². The molecule has 4 rings (SSSR count). The number of thiazole rings is 1. The first-order chi connectivity index (χ1) is 12.8. The third kappa shape index (κ3) is 4.28. The minimum absolute atomic E-state index is 0.238. The highest BCUT2D eigenvalue weighted by molar-refractivity contribution is 7.13. The van der Waals surface area contributed by atoms with Crippen molar-refractivity contribution in [3.8, 4) is 5.19 Å². The lowest BCUT2D eigenvalue weighted by Gasteiger charge is -2.58. The molecule has 0 bridgehead atoms. The first-order valence-electron chi connectivity index (χ1n) is 9.75. The summed E-state index contributed by atoms with van der Waals surface area (Å²) in [5, 5.41) is 0.355. The third-order valence-electron chi connectivity index (χ3n) is 6.28. The summed E-state index contributed by atoms with van der Waals surface area (Å²) < 4.78 is 37.0. The second-order valence-electron chi connectivity index (χ2n) is 8.80. The predicted octanol–water partition coefficient (Wildman–Crippen LogP) is 3.07. The molecule has 2 N–H and O–H groups in total. The van der Waals surface area contributed by atoms with Crippen molar-refractivity contribution in [2.24, 2.45) is 17.1 Å². The number of halogens is 2. The van der Waals surface area contributed by atoms with Crippen LogP contribution in [0.4, 0.5) is 8.78 Å². The fourth-order valence-electron chi connectivity index (χ4n) is 5.01. The summed E-state index contributed by atoms with van der Waals surface area (Å²) in [5.74, 6) is -2.22. The Balaban J connectivity index is 1.29. The molecule has 0 saturated heterocycles. The van der Waals surface area contributed by atoms with E-state index in [1.54, 1.807) is 7.11 Å². The van der Waals surface area contributed by atoms with Gasteiger partial charge < -0.3 is 15.2 Å². The van der Waals surface area contributed by atoms with Gasteiger partial charge in [-0.1, -0.05) is 11.3 Å². The first-order valence-corrected chi connectivity index (χ1v) is 10.6. The Labute approximate surface area is 163 Å². The Morgan fingerprint density at radius 3 is 2.74 bits per heavy atom. The van der Waals surface area contributed by atoms with Crippen molar-refractivity contribution in [2.75, 3.05) is 26.8 Å². The number of fused-ring (bicyclic) bond motifs is 1. The van der Waals surface area contributed by atoms with Gasteiger partial charge in [-0.25, -0.2) is 13.8 Å². The molecular weight excluding hydrogens is 372 g/mol. The second-order valence-corrected chi connectivity index (χ2v) is 9.85.